The van der Waals surface area contributed by atoms with Gasteiger partial charge in [-0.2, -0.15) is 8.42 Å². The molecule has 0 aromatic rings. The smallest absolute Gasteiger partial charge is 1.00 e. The van der Waals surface area contributed by atoms with Gasteiger partial charge in [0.25, 0.3) is 10.1 Å². The zero-order valence-electron chi connectivity index (χ0n) is 7.11. The molecule has 0 heterocycles. The second kappa shape index (κ2) is 5.16. The van der Waals surface area contributed by atoms with Crippen molar-refractivity contribution in [2.45, 2.75) is 19.4 Å². The summed E-state index contributed by atoms with van der Waals surface area (Å²) in [6, 6.07) is 0. The standard InChI is InChI=1S/C4H10O4S.Li.H/c1-2-4(5)3-9(6,7)8;;/h4-5H,2-3H2,1H3,(H,6,7,8);;/q;+1;-1. The van der Waals surface area contributed by atoms with Crippen LogP contribution in [0.2, 0.25) is 0 Å². The Morgan fingerprint density at radius 3 is 2.10 bits per heavy atom. The quantitative estimate of drug-likeness (QED) is 0.338. The van der Waals surface area contributed by atoms with Gasteiger partial charge in [-0.3, -0.25) is 4.55 Å². The maximum Gasteiger partial charge on any atom is 1.00 e. The van der Waals surface area contributed by atoms with E-state index in [0.29, 0.717) is 6.42 Å². The third-order valence-corrected chi connectivity index (χ3v) is 1.68. The van der Waals surface area contributed by atoms with Crippen molar-refractivity contribution in [1.29, 1.82) is 0 Å². The van der Waals surface area contributed by atoms with Gasteiger partial charge in [-0.15, -0.1) is 0 Å². The van der Waals surface area contributed by atoms with Gasteiger partial charge < -0.3 is 6.53 Å². The first kappa shape index (κ1) is 13.1. The Hall–Kier alpha value is 0.467. The van der Waals surface area contributed by atoms with E-state index >= 15 is 0 Å². The van der Waals surface area contributed by atoms with Crippen molar-refractivity contribution < 1.29 is 38.4 Å². The third-order valence-electron chi connectivity index (χ3n) is 0.874. The second-order valence-electron chi connectivity index (χ2n) is 1.81. The van der Waals surface area contributed by atoms with Gasteiger partial charge in [0.2, 0.25) is 0 Å². The van der Waals surface area contributed by atoms with E-state index < -0.39 is 22.0 Å². The zero-order chi connectivity index (χ0) is 7.49. The molecule has 0 rings (SSSR count). The van der Waals surface area contributed by atoms with Crippen LogP contribution >= 0.6 is 0 Å². The third kappa shape index (κ3) is 8.47. The minimum atomic E-state index is -3.99. The van der Waals surface area contributed by atoms with E-state index in [-0.39, 0.29) is 20.3 Å². The van der Waals surface area contributed by atoms with Crippen LogP contribution in [0.5, 0.6) is 0 Å². The van der Waals surface area contributed by atoms with Crippen LogP contribution in [0.15, 0.2) is 0 Å². The van der Waals surface area contributed by atoms with E-state index in [4.69, 9.17) is 9.66 Å². The van der Waals surface area contributed by atoms with Gasteiger partial charge in [-0.25, -0.2) is 0 Å². The number of hydrogen-bond acceptors (Lipinski definition) is 3. The van der Waals surface area contributed by atoms with Gasteiger partial charge in [-0.05, 0) is 6.42 Å². The summed E-state index contributed by atoms with van der Waals surface area (Å²) in [5.74, 6) is -0.566. The first-order valence-corrected chi connectivity index (χ1v) is 4.20. The largest absolute Gasteiger partial charge is 1.00 e. The molecule has 0 spiro atoms. The Morgan fingerprint density at radius 1 is 1.60 bits per heavy atom. The molecule has 1 unspecified atom stereocenters. The van der Waals surface area contributed by atoms with Crippen molar-refractivity contribution in [2.75, 3.05) is 5.75 Å². The molecule has 0 bridgehead atoms. The van der Waals surface area contributed by atoms with Gasteiger partial charge in [0.05, 0.1) is 6.10 Å². The first-order valence-electron chi connectivity index (χ1n) is 2.59. The van der Waals surface area contributed by atoms with Crippen LogP contribution in [0.1, 0.15) is 14.8 Å². The topological polar surface area (TPSA) is 74.6 Å². The van der Waals surface area contributed by atoms with Crippen LogP contribution in [-0.2, 0) is 10.1 Å². The molecule has 0 aromatic heterocycles. The fourth-order valence-electron chi connectivity index (χ4n) is 0.361. The monoisotopic (exact) mass is 162 g/mol. The van der Waals surface area contributed by atoms with Crippen molar-refractivity contribution in [3.05, 3.63) is 0 Å². The Kier molecular flexibility index (Phi) is 6.75. The maximum atomic E-state index is 10.00. The molecule has 10 heavy (non-hydrogen) atoms. The Balaban J connectivity index is -0.000000320. The van der Waals surface area contributed by atoms with Gasteiger partial charge >= 0.3 is 18.9 Å². The predicted octanol–water partition coefficient (Wildman–Crippen LogP) is -3.24. The van der Waals surface area contributed by atoms with Crippen LogP contribution in [0.25, 0.3) is 0 Å². The zero-order valence-corrected chi connectivity index (χ0v) is 6.93. The van der Waals surface area contributed by atoms with E-state index in [2.05, 4.69) is 0 Å². The van der Waals surface area contributed by atoms with Gasteiger partial charge in [0.1, 0.15) is 5.75 Å². The van der Waals surface area contributed by atoms with E-state index in [1.54, 1.807) is 6.92 Å². The summed E-state index contributed by atoms with van der Waals surface area (Å²) in [6.07, 6.45) is -0.611. The van der Waals surface area contributed by atoms with Crippen LogP contribution in [0.4, 0.5) is 0 Å². The summed E-state index contributed by atoms with van der Waals surface area (Å²) >= 11 is 0. The van der Waals surface area contributed by atoms with E-state index in [1.807, 2.05) is 0 Å². The summed E-state index contributed by atoms with van der Waals surface area (Å²) in [7, 11) is -3.99. The van der Waals surface area contributed by atoms with Crippen molar-refractivity contribution in [3.63, 3.8) is 0 Å². The molecule has 0 aliphatic rings. The van der Waals surface area contributed by atoms with Crippen molar-refractivity contribution in [3.8, 4) is 0 Å². The molecule has 0 aliphatic carbocycles. The van der Waals surface area contributed by atoms with Crippen molar-refractivity contribution >= 4 is 10.1 Å². The summed E-state index contributed by atoms with van der Waals surface area (Å²) in [4.78, 5) is 0. The molecule has 1 atom stereocenters. The number of rotatable bonds is 3. The molecule has 0 saturated heterocycles. The van der Waals surface area contributed by atoms with Crippen LogP contribution in [0, 0.1) is 0 Å². The molecule has 0 aromatic carbocycles. The van der Waals surface area contributed by atoms with Crippen LogP contribution in [-0.4, -0.2) is 29.9 Å². The summed E-state index contributed by atoms with van der Waals surface area (Å²) in [5.41, 5.74) is 0. The minimum absolute atomic E-state index is 0. The van der Waals surface area contributed by atoms with Crippen molar-refractivity contribution in [2.24, 2.45) is 0 Å². The maximum absolute atomic E-state index is 10.00. The predicted molar refractivity (Wildman–Crippen MR) is 33.8 cm³/mol. The molecule has 58 valence electrons. The Morgan fingerprint density at radius 2 is 2.00 bits per heavy atom. The number of aliphatic hydroxyl groups excluding tert-OH is 1. The molecule has 0 radical (unpaired) electrons. The number of hydrogen-bond donors (Lipinski definition) is 2. The van der Waals surface area contributed by atoms with Gasteiger partial charge in [-0.1, -0.05) is 6.92 Å². The van der Waals surface area contributed by atoms with Gasteiger partial charge in [0, 0.05) is 0 Å². The second-order valence-corrected chi connectivity index (χ2v) is 3.31. The van der Waals surface area contributed by atoms with Crippen LogP contribution < -0.4 is 18.9 Å². The van der Waals surface area contributed by atoms with Crippen LogP contribution in [0.3, 0.4) is 0 Å². The molecule has 0 aliphatic heterocycles. The fourth-order valence-corrected chi connectivity index (χ4v) is 1.08. The number of aliphatic hydroxyl groups is 1. The van der Waals surface area contributed by atoms with E-state index in [0.717, 1.165) is 0 Å². The SMILES string of the molecule is CCC(O)CS(=O)(=O)O.[H-].[Li+]. The minimum Gasteiger partial charge on any atom is -1.00 e. The fraction of sp³-hybridized carbons (Fsp3) is 1.00. The molecule has 6 heteroatoms. The molecular weight excluding hydrogens is 151 g/mol. The molecule has 4 nitrogen and oxygen atoms in total. The molecule has 0 amide bonds. The average molecular weight is 162 g/mol. The first-order chi connectivity index (χ1) is 3.95. The Bertz CT molecular complexity index is 169. The van der Waals surface area contributed by atoms with E-state index in [1.165, 1.54) is 0 Å². The average Bonchev–Trinajstić information content (AvgIpc) is 1.62. The van der Waals surface area contributed by atoms with Gasteiger partial charge in [0.15, 0.2) is 0 Å². The molecule has 0 saturated carbocycles. The Labute approximate surface area is 74.0 Å². The van der Waals surface area contributed by atoms with Crippen molar-refractivity contribution in [1.82, 2.24) is 0 Å². The van der Waals surface area contributed by atoms with E-state index in [9.17, 15) is 8.42 Å². The normalized spacial score (nSPS) is 13.9. The molecule has 0 fully saturated rings. The summed E-state index contributed by atoms with van der Waals surface area (Å²) < 4.78 is 28.1. The summed E-state index contributed by atoms with van der Waals surface area (Å²) in [5, 5.41) is 8.65. The molecule has 2 N–H and O–H groups in total. The molecular formula is C4H11LiO4S. The summed E-state index contributed by atoms with van der Waals surface area (Å²) in [6.45, 7) is 1.63.